The van der Waals surface area contributed by atoms with Crippen molar-refractivity contribution in [1.82, 2.24) is 9.78 Å². The molecule has 2 aromatic heterocycles. The zero-order valence-electron chi connectivity index (χ0n) is 19.0. The second kappa shape index (κ2) is 9.88. The van der Waals surface area contributed by atoms with Crippen LogP contribution in [0.5, 0.6) is 5.75 Å². The van der Waals surface area contributed by atoms with Crippen LogP contribution < -0.4 is 15.6 Å². The number of thiophene rings is 1. The topological polar surface area (TPSA) is 99.5 Å². The third-order valence-electron chi connectivity index (χ3n) is 5.14. The number of aromatic nitrogens is 2. The molecule has 0 radical (unpaired) electrons. The molecule has 0 saturated heterocycles. The van der Waals surface area contributed by atoms with Gasteiger partial charge >= 0.3 is 5.97 Å². The number of ether oxygens (including phenoxy) is 2. The molecule has 8 nitrogen and oxygen atoms in total. The van der Waals surface area contributed by atoms with Crippen LogP contribution in [0.4, 0.5) is 5.00 Å². The molecule has 0 bridgehead atoms. The van der Waals surface area contributed by atoms with Crippen LogP contribution in [0.3, 0.4) is 0 Å². The van der Waals surface area contributed by atoms with Gasteiger partial charge in [-0.25, -0.2) is 4.79 Å². The number of benzene rings is 2. The summed E-state index contributed by atoms with van der Waals surface area (Å²) >= 11 is 1.17. The second-order valence-corrected chi connectivity index (χ2v) is 8.43. The van der Waals surface area contributed by atoms with E-state index in [9.17, 15) is 14.4 Å². The van der Waals surface area contributed by atoms with Gasteiger partial charge < -0.3 is 14.8 Å². The van der Waals surface area contributed by atoms with Gasteiger partial charge in [-0.15, -0.1) is 11.3 Å². The minimum absolute atomic E-state index is 0.00250. The number of nitrogens with zero attached hydrogens (tertiary/aromatic N) is 2. The highest BCUT2D eigenvalue weighted by Crippen LogP contribution is 2.31. The number of rotatable bonds is 7. The summed E-state index contributed by atoms with van der Waals surface area (Å²) in [5.74, 6) is -0.299. The highest BCUT2D eigenvalue weighted by atomic mass is 32.1. The van der Waals surface area contributed by atoms with Crippen LogP contribution in [0, 0.1) is 6.92 Å². The summed E-state index contributed by atoms with van der Waals surface area (Å²) in [7, 11) is 1.54. The average Bonchev–Trinajstić information content (AvgIpc) is 3.23. The van der Waals surface area contributed by atoms with Crippen LogP contribution in [0.15, 0.2) is 58.7 Å². The quantitative estimate of drug-likeness (QED) is 0.402. The minimum atomic E-state index is -0.648. The Balaban J connectivity index is 1.79. The fraction of sp³-hybridized carbons (Fsp3) is 0.200. The number of hydrogen-bond acceptors (Lipinski definition) is 7. The van der Waals surface area contributed by atoms with Crippen molar-refractivity contribution < 1.29 is 19.1 Å². The van der Waals surface area contributed by atoms with Crippen molar-refractivity contribution >= 4 is 39.0 Å². The number of aryl methyl sites for hydroxylation is 1. The maximum Gasteiger partial charge on any atom is 0.359 e. The second-order valence-electron chi connectivity index (χ2n) is 7.55. The Morgan fingerprint density at radius 2 is 1.91 bits per heavy atom. The van der Waals surface area contributed by atoms with Gasteiger partial charge in [0.25, 0.3) is 5.56 Å². The number of methoxy groups -OCH3 is 1. The number of amides is 1. The molecule has 0 saturated carbocycles. The third-order valence-corrected chi connectivity index (χ3v) is 6.03. The fourth-order valence-corrected chi connectivity index (χ4v) is 4.52. The maximum absolute atomic E-state index is 13.5. The van der Waals surface area contributed by atoms with Gasteiger partial charge in [-0.1, -0.05) is 29.8 Å². The molecule has 1 N–H and O–H groups in total. The van der Waals surface area contributed by atoms with Gasteiger partial charge in [0.15, 0.2) is 5.69 Å². The molecule has 0 aliphatic heterocycles. The van der Waals surface area contributed by atoms with Crippen LogP contribution in [0.25, 0.3) is 16.5 Å². The molecule has 0 spiro atoms. The van der Waals surface area contributed by atoms with E-state index >= 15 is 0 Å². The third kappa shape index (κ3) is 4.69. The van der Waals surface area contributed by atoms with Crippen LogP contribution in [0.2, 0.25) is 0 Å². The lowest BCUT2D eigenvalue weighted by molar-refractivity contribution is -0.115. The number of nitrogens with one attached hydrogen (secondary N) is 1. The molecule has 9 heteroatoms. The van der Waals surface area contributed by atoms with Crippen molar-refractivity contribution in [2.45, 2.75) is 20.3 Å². The zero-order chi connectivity index (χ0) is 24.2. The highest BCUT2D eigenvalue weighted by Gasteiger charge is 2.23. The first-order valence-corrected chi connectivity index (χ1v) is 11.5. The molecule has 34 heavy (non-hydrogen) atoms. The van der Waals surface area contributed by atoms with Crippen molar-refractivity contribution in [3.8, 4) is 11.4 Å². The first kappa shape index (κ1) is 23.2. The molecule has 0 unspecified atom stereocenters. The maximum atomic E-state index is 13.5. The number of esters is 1. The SMILES string of the molecule is CCOC(=O)c1nn(-c2ccc(OC)cc2)c(=O)c2c(NC(=O)Cc3cccc(C)c3)scc12. The van der Waals surface area contributed by atoms with Crippen LogP contribution in [-0.2, 0) is 16.0 Å². The molecular formula is C25H23N3O5S. The Morgan fingerprint density at radius 1 is 1.15 bits per heavy atom. The number of anilines is 1. The lowest BCUT2D eigenvalue weighted by Gasteiger charge is -2.10. The van der Waals surface area contributed by atoms with Gasteiger partial charge in [-0.2, -0.15) is 9.78 Å². The summed E-state index contributed by atoms with van der Waals surface area (Å²) in [4.78, 5) is 38.9. The molecule has 0 fully saturated rings. The molecule has 4 aromatic rings. The van der Waals surface area contributed by atoms with E-state index in [0.29, 0.717) is 21.8 Å². The van der Waals surface area contributed by atoms with E-state index in [0.717, 1.165) is 15.8 Å². The van der Waals surface area contributed by atoms with Crippen molar-refractivity contribution in [3.63, 3.8) is 0 Å². The standard InChI is InChI=1S/C25H23N3O5S/c1-4-33-25(31)22-19-14-34-23(26-20(29)13-16-7-5-6-15(2)12-16)21(19)24(30)28(27-22)17-8-10-18(32-3)11-9-17/h5-12,14H,4,13H2,1-3H3,(H,26,29). The van der Waals surface area contributed by atoms with Gasteiger partial charge in [0.1, 0.15) is 10.8 Å². The van der Waals surface area contributed by atoms with E-state index in [2.05, 4.69) is 10.4 Å². The lowest BCUT2D eigenvalue weighted by atomic mass is 10.1. The highest BCUT2D eigenvalue weighted by molar-refractivity contribution is 7.16. The zero-order valence-corrected chi connectivity index (χ0v) is 19.8. The fourth-order valence-electron chi connectivity index (χ4n) is 3.57. The summed E-state index contributed by atoms with van der Waals surface area (Å²) in [5.41, 5.74) is 1.91. The van der Waals surface area contributed by atoms with Crippen LogP contribution in [0.1, 0.15) is 28.5 Å². The van der Waals surface area contributed by atoms with Gasteiger partial charge in [-0.05, 0) is 43.7 Å². The molecule has 2 heterocycles. The predicted molar refractivity (Wildman–Crippen MR) is 131 cm³/mol. The molecule has 4 rings (SSSR count). The Hall–Kier alpha value is -3.98. The first-order chi connectivity index (χ1) is 16.4. The van der Waals surface area contributed by atoms with Crippen molar-refractivity contribution in [2.24, 2.45) is 0 Å². The Kier molecular flexibility index (Phi) is 6.74. The summed E-state index contributed by atoms with van der Waals surface area (Å²) in [6, 6.07) is 14.4. The molecule has 0 aliphatic rings. The van der Waals surface area contributed by atoms with E-state index in [4.69, 9.17) is 9.47 Å². The van der Waals surface area contributed by atoms with Gasteiger partial charge in [0.2, 0.25) is 5.91 Å². The Morgan fingerprint density at radius 3 is 2.59 bits per heavy atom. The lowest BCUT2D eigenvalue weighted by Crippen LogP contribution is -2.25. The Labute approximate surface area is 199 Å². The van der Waals surface area contributed by atoms with Gasteiger partial charge in [0, 0.05) is 10.8 Å². The summed E-state index contributed by atoms with van der Waals surface area (Å²) in [6.45, 7) is 3.81. The van der Waals surface area contributed by atoms with Crippen LogP contribution in [-0.4, -0.2) is 35.4 Å². The van der Waals surface area contributed by atoms with Crippen molar-refractivity contribution in [3.05, 3.63) is 81.1 Å². The largest absolute Gasteiger partial charge is 0.497 e. The monoisotopic (exact) mass is 477 g/mol. The number of hydrogen-bond donors (Lipinski definition) is 1. The van der Waals surface area contributed by atoms with Gasteiger partial charge in [0.05, 0.1) is 31.2 Å². The smallest absolute Gasteiger partial charge is 0.359 e. The number of carbonyl (C=O) groups is 2. The summed E-state index contributed by atoms with van der Waals surface area (Å²) < 4.78 is 11.5. The van der Waals surface area contributed by atoms with Crippen molar-refractivity contribution in [2.75, 3.05) is 19.0 Å². The first-order valence-electron chi connectivity index (χ1n) is 10.6. The molecule has 174 valence electrons. The molecule has 0 atom stereocenters. The Bertz CT molecular complexity index is 1420. The number of carbonyl (C=O) groups excluding carboxylic acids is 2. The van der Waals surface area contributed by atoms with Crippen LogP contribution >= 0.6 is 11.3 Å². The number of fused-ring (bicyclic) bond motifs is 1. The molecule has 2 aromatic carbocycles. The molecule has 1 amide bonds. The van der Waals surface area contributed by atoms with E-state index in [1.54, 1.807) is 43.7 Å². The van der Waals surface area contributed by atoms with E-state index in [1.807, 2.05) is 31.2 Å². The molecule has 0 aliphatic carbocycles. The minimum Gasteiger partial charge on any atom is -0.497 e. The van der Waals surface area contributed by atoms with E-state index in [1.165, 1.54) is 11.3 Å². The van der Waals surface area contributed by atoms with Crippen molar-refractivity contribution in [1.29, 1.82) is 0 Å². The predicted octanol–water partition coefficient (Wildman–Crippen LogP) is 4.12. The summed E-state index contributed by atoms with van der Waals surface area (Å²) in [5, 5.41) is 9.66. The summed E-state index contributed by atoms with van der Waals surface area (Å²) in [6.07, 6.45) is 0.156. The normalized spacial score (nSPS) is 10.8. The van der Waals surface area contributed by atoms with Gasteiger partial charge in [-0.3, -0.25) is 9.59 Å². The van der Waals surface area contributed by atoms with E-state index in [-0.39, 0.29) is 30.0 Å². The molecular weight excluding hydrogens is 454 g/mol. The average molecular weight is 478 g/mol. The van der Waals surface area contributed by atoms with E-state index < -0.39 is 11.5 Å².